The topological polar surface area (TPSA) is 66.4 Å². The van der Waals surface area contributed by atoms with E-state index in [0.29, 0.717) is 13.0 Å². The highest BCUT2D eigenvalue weighted by Crippen LogP contribution is 2.32. The van der Waals surface area contributed by atoms with Gasteiger partial charge in [0.25, 0.3) is 0 Å². The molecule has 2 N–H and O–H groups in total. The van der Waals surface area contributed by atoms with E-state index in [1.807, 2.05) is 24.3 Å². The Labute approximate surface area is 135 Å². The lowest BCUT2D eigenvalue weighted by Crippen LogP contribution is -2.30. The molecule has 2 aromatic rings. The Hall–Kier alpha value is -2.62. The van der Waals surface area contributed by atoms with Crippen LogP contribution in [-0.4, -0.2) is 23.5 Å². The number of hydrogen-bond donors (Lipinski definition) is 2. The maximum absolute atomic E-state index is 12.4. The molecule has 0 aromatic heterocycles. The van der Waals surface area contributed by atoms with Crippen LogP contribution < -0.4 is 5.32 Å². The summed E-state index contributed by atoms with van der Waals surface area (Å²) in [6.07, 6.45) is 2.44. The fourth-order valence-corrected chi connectivity index (χ4v) is 3.14. The van der Waals surface area contributed by atoms with E-state index in [4.69, 9.17) is 5.11 Å². The van der Waals surface area contributed by atoms with Crippen LogP contribution in [0.15, 0.2) is 48.5 Å². The van der Waals surface area contributed by atoms with E-state index in [2.05, 4.69) is 11.4 Å². The normalized spacial score (nSPS) is 15.9. The summed E-state index contributed by atoms with van der Waals surface area (Å²) >= 11 is 0. The van der Waals surface area contributed by atoms with Crippen molar-refractivity contribution in [2.75, 3.05) is 6.54 Å². The molecular formula is C19H19NO3. The molecule has 4 nitrogen and oxygen atoms in total. The summed E-state index contributed by atoms with van der Waals surface area (Å²) in [5.74, 6) is -0.931. The SMILES string of the molecule is O=C(O)c1cccc(CCNC(=O)C2CCc3ccccc32)c1. The van der Waals surface area contributed by atoms with E-state index in [1.165, 1.54) is 5.56 Å². The predicted octanol–water partition coefficient (Wildman–Crippen LogP) is 2.77. The minimum atomic E-state index is -0.932. The van der Waals surface area contributed by atoms with E-state index in [-0.39, 0.29) is 17.4 Å². The quantitative estimate of drug-likeness (QED) is 0.892. The van der Waals surface area contributed by atoms with Crippen molar-refractivity contribution in [3.63, 3.8) is 0 Å². The van der Waals surface area contributed by atoms with Gasteiger partial charge < -0.3 is 10.4 Å². The summed E-state index contributed by atoms with van der Waals surface area (Å²) in [5, 5.41) is 12.0. The molecule has 1 aliphatic rings. The summed E-state index contributed by atoms with van der Waals surface area (Å²) in [6.45, 7) is 0.514. The summed E-state index contributed by atoms with van der Waals surface area (Å²) in [5.41, 5.74) is 3.59. The molecule has 1 aliphatic carbocycles. The van der Waals surface area contributed by atoms with Gasteiger partial charge in [-0.15, -0.1) is 0 Å². The number of carbonyl (C=O) groups is 2. The van der Waals surface area contributed by atoms with E-state index in [9.17, 15) is 9.59 Å². The molecule has 0 aliphatic heterocycles. The average Bonchev–Trinajstić information content (AvgIpc) is 2.99. The molecule has 0 radical (unpaired) electrons. The van der Waals surface area contributed by atoms with Crippen molar-refractivity contribution in [1.29, 1.82) is 0 Å². The molecule has 0 heterocycles. The lowest BCUT2D eigenvalue weighted by Gasteiger charge is -2.12. The van der Waals surface area contributed by atoms with Crippen LogP contribution in [0.25, 0.3) is 0 Å². The number of fused-ring (bicyclic) bond motifs is 1. The highest BCUT2D eigenvalue weighted by Gasteiger charge is 2.27. The van der Waals surface area contributed by atoms with Crippen LogP contribution in [0.3, 0.4) is 0 Å². The van der Waals surface area contributed by atoms with Crippen molar-refractivity contribution in [2.24, 2.45) is 0 Å². The molecule has 1 amide bonds. The van der Waals surface area contributed by atoms with Crippen LogP contribution in [-0.2, 0) is 17.6 Å². The zero-order valence-electron chi connectivity index (χ0n) is 12.8. The van der Waals surface area contributed by atoms with Crippen LogP contribution in [0.5, 0.6) is 0 Å². The van der Waals surface area contributed by atoms with Gasteiger partial charge in [0.1, 0.15) is 0 Å². The Balaban J connectivity index is 1.56. The number of rotatable bonds is 5. The largest absolute Gasteiger partial charge is 0.478 e. The van der Waals surface area contributed by atoms with Gasteiger partial charge in [-0.1, -0.05) is 36.4 Å². The molecule has 0 saturated carbocycles. The molecule has 0 spiro atoms. The lowest BCUT2D eigenvalue weighted by atomic mass is 10.0. The maximum atomic E-state index is 12.4. The molecule has 4 heteroatoms. The van der Waals surface area contributed by atoms with Gasteiger partial charge in [0.15, 0.2) is 0 Å². The van der Waals surface area contributed by atoms with E-state index < -0.39 is 5.97 Å². The Kier molecular flexibility index (Phi) is 4.42. The average molecular weight is 309 g/mol. The van der Waals surface area contributed by atoms with E-state index >= 15 is 0 Å². The van der Waals surface area contributed by atoms with E-state index in [1.54, 1.807) is 18.2 Å². The first-order valence-electron chi connectivity index (χ1n) is 7.83. The summed E-state index contributed by atoms with van der Waals surface area (Å²) < 4.78 is 0. The minimum Gasteiger partial charge on any atom is -0.478 e. The number of aryl methyl sites for hydroxylation is 1. The van der Waals surface area contributed by atoms with Gasteiger partial charge in [-0.05, 0) is 48.1 Å². The first-order chi connectivity index (χ1) is 11.1. The number of nitrogens with one attached hydrogen (secondary N) is 1. The minimum absolute atomic E-state index is 0.0587. The third kappa shape index (κ3) is 3.42. The number of hydrogen-bond acceptors (Lipinski definition) is 2. The first-order valence-corrected chi connectivity index (χ1v) is 7.83. The molecule has 0 saturated heterocycles. The lowest BCUT2D eigenvalue weighted by molar-refractivity contribution is -0.122. The number of carbonyl (C=O) groups excluding carboxylic acids is 1. The van der Waals surface area contributed by atoms with Gasteiger partial charge in [0, 0.05) is 6.54 Å². The summed E-state index contributed by atoms with van der Waals surface area (Å²) in [7, 11) is 0. The molecule has 1 unspecified atom stereocenters. The molecular weight excluding hydrogens is 290 g/mol. The van der Waals surface area contributed by atoms with Gasteiger partial charge in [-0.2, -0.15) is 0 Å². The second-order valence-electron chi connectivity index (χ2n) is 5.84. The number of carboxylic acids is 1. The molecule has 1 atom stereocenters. The summed E-state index contributed by atoms with van der Waals surface area (Å²) in [6, 6.07) is 14.9. The maximum Gasteiger partial charge on any atom is 0.335 e. The van der Waals surface area contributed by atoms with Crippen LogP contribution in [0, 0.1) is 0 Å². The van der Waals surface area contributed by atoms with Gasteiger partial charge in [-0.3, -0.25) is 4.79 Å². The number of carboxylic acid groups (broad SMARTS) is 1. The van der Waals surface area contributed by atoms with Crippen molar-refractivity contribution in [3.05, 3.63) is 70.8 Å². The Bertz CT molecular complexity index is 739. The second kappa shape index (κ2) is 6.65. The van der Waals surface area contributed by atoms with Crippen molar-refractivity contribution < 1.29 is 14.7 Å². The Morgan fingerprint density at radius 3 is 2.78 bits per heavy atom. The van der Waals surface area contributed by atoms with Gasteiger partial charge in [0.05, 0.1) is 11.5 Å². The van der Waals surface area contributed by atoms with Crippen LogP contribution in [0.4, 0.5) is 0 Å². The highest BCUT2D eigenvalue weighted by molar-refractivity contribution is 5.87. The molecule has 0 fully saturated rings. The van der Waals surface area contributed by atoms with Crippen LogP contribution in [0.2, 0.25) is 0 Å². The highest BCUT2D eigenvalue weighted by atomic mass is 16.4. The number of aromatic carboxylic acids is 1. The first kappa shape index (κ1) is 15.3. The fourth-order valence-electron chi connectivity index (χ4n) is 3.14. The third-order valence-electron chi connectivity index (χ3n) is 4.34. The van der Waals surface area contributed by atoms with E-state index in [0.717, 1.165) is 24.0 Å². The molecule has 3 rings (SSSR count). The number of benzene rings is 2. The van der Waals surface area contributed by atoms with Gasteiger partial charge >= 0.3 is 5.97 Å². The second-order valence-corrected chi connectivity index (χ2v) is 5.84. The summed E-state index contributed by atoms with van der Waals surface area (Å²) in [4.78, 5) is 23.3. The van der Waals surface area contributed by atoms with Crippen molar-refractivity contribution in [3.8, 4) is 0 Å². The molecule has 23 heavy (non-hydrogen) atoms. The zero-order chi connectivity index (χ0) is 16.2. The Morgan fingerprint density at radius 1 is 1.13 bits per heavy atom. The predicted molar refractivity (Wildman–Crippen MR) is 87.6 cm³/mol. The van der Waals surface area contributed by atoms with Crippen LogP contribution in [0.1, 0.15) is 39.4 Å². The monoisotopic (exact) mass is 309 g/mol. The fraction of sp³-hybridized carbons (Fsp3) is 0.263. The van der Waals surface area contributed by atoms with Crippen molar-refractivity contribution >= 4 is 11.9 Å². The standard InChI is InChI=1S/C19H19NO3/c21-18(17-9-8-14-5-1-2-7-16(14)17)20-11-10-13-4-3-6-15(12-13)19(22)23/h1-7,12,17H,8-11H2,(H,20,21)(H,22,23). The van der Waals surface area contributed by atoms with Gasteiger partial charge in [-0.25, -0.2) is 4.79 Å². The Morgan fingerprint density at radius 2 is 1.96 bits per heavy atom. The zero-order valence-corrected chi connectivity index (χ0v) is 12.8. The van der Waals surface area contributed by atoms with Crippen molar-refractivity contribution in [2.45, 2.75) is 25.2 Å². The van der Waals surface area contributed by atoms with Crippen LogP contribution >= 0.6 is 0 Å². The van der Waals surface area contributed by atoms with Gasteiger partial charge in [0.2, 0.25) is 5.91 Å². The molecule has 0 bridgehead atoms. The third-order valence-corrected chi connectivity index (χ3v) is 4.34. The number of amides is 1. The van der Waals surface area contributed by atoms with Crippen molar-refractivity contribution in [1.82, 2.24) is 5.32 Å². The smallest absolute Gasteiger partial charge is 0.335 e. The molecule has 2 aromatic carbocycles. The molecule has 118 valence electrons.